The number of hydrogen-bond donors (Lipinski definition) is 0. The van der Waals surface area contributed by atoms with Crippen LogP contribution in [0.5, 0.6) is 0 Å². The predicted octanol–water partition coefficient (Wildman–Crippen LogP) is 5.99. The molecule has 0 saturated heterocycles. The van der Waals surface area contributed by atoms with Gasteiger partial charge < -0.3 is 14.4 Å². The van der Waals surface area contributed by atoms with E-state index in [9.17, 15) is 9.59 Å². The number of hydrogen-bond acceptors (Lipinski definition) is 2. The van der Waals surface area contributed by atoms with Crippen LogP contribution in [0.3, 0.4) is 0 Å². The second-order valence-electron chi connectivity index (χ2n) is 9.16. The van der Waals surface area contributed by atoms with E-state index in [-0.39, 0.29) is 18.4 Å². The largest absolute Gasteiger partial charge is 0.345 e. The van der Waals surface area contributed by atoms with Crippen LogP contribution in [0.1, 0.15) is 71.1 Å². The first-order valence-corrected chi connectivity index (χ1v) is 12.7. The molecule has 5 nitrogen and oxygen atoms in total. The van der Waals surface area contributed by atoms with Crippen molar-refractivity contribution < 1.29 is 9.59 Å². The van der Waals surface area contributed by atoms with Crippen LogP contribution in [-0.2, 0) is 22.7 Å². The topological polar surface area (TPSA) is 45.6 Å². The lowest BCUT2D eigenvalue weighted by Crippen LogP contribution is -2.44. The van der Waals surface area contributed by atoms with Gasteiger partial charge in [0.05, 0.1) is 13.1 Å². The number of carbonyl (C=O) groups excluding carboxylic acids is 2. The molecule has 0 fully saturated rings. The Morgan fingerprint density at radius 1 is 0.970 bits per heavy atom. The van der Waals surface area contributed by atoms with Crippen LogP contribution in [0.2, 0.25) is 5.02 Å². The van der Waals surface area contributed by atoms with E-state index >= 15 is 0 Å². The van der Waals surface area contributed by atoms with E-state index in [0.29, 0.717) is 38.5 Å². The molecule has 1 aromatic heterocycles. The molecule has 182 valence electrons. The van der Waals surface area contributed by atoms with Crippen molar-refractivity contribution in [3.8, 4) is 0 Å². The molecule has 0 spiro atoms. The van der Waals surface area contributed by atoms with E-state index in [0.717, 1.165) is 42.0 Å². The molecule has 2 amide bonds. The van der Waals surface area contributed by atoms with Crippen molar-refractivity contribution in [3.63, 3.8) is 0 Å². The van der Waals surface area contributed by atoms with Crippen LogP contribution >= 0.6 is 11.6 Å². The number of rotatable bonds is 14. The van der Waals surface area contributed by atoms with Crippen molar-refractivity contribution in [2.75, 3.05) is 19.6 Å². The predicted molar refractivity (Wildman–Crippen MR) is 136 cm³/mol. The van der Waals surface area contributed by atoms with Crippen molar-refractivity contribution in [2.24, 2.45) is 5.92 Å². The number of carbonyl (C=O) groups is 2. The van der Waals surface area contributed by atoms with Crippen LogP contribution in [-0.4, -0.2) is 45.8 Å². The quantitative estimate of drug-likeness (QED) is 0.338. The number of halogens is 1. The van der Waals surface area contributed by atoms with Gasteiger partial charge in [0.15, 0.2) is 0 Å². The van der Waals surface area contributed by atoms with E-state index in [1.54, 1.807) is 4.90 Å². The first kappa shape index (κ1) is 27.0. The van der Waals surface area contributed by atoms with E-state index < -0.39 is 0 Å². The summed E-state index contributed by atoms with van der Waals surface area (Å²) in [4.78, 5) is 29.8. The number of nitrogens with zero attached hydrogens (tertiary/aromatic N) is 3. The molecule has 1 aromatic carbocycles. The monoisotopic (exact) mass is 473 g/mol. The lowest BCUT2D eigenvalue weighted by atomic mass is 10.2. The SMILES string of the molecule is CCCCC(=O)N(CCCC)CC(=O)N(Cc1cccn1Cc1ccccc1Cl)CC(C)C. The molecule has 0 radical (unpaired) electrons. The van der Waals surface area contributed by atoms with Crippen molar-refractivity contribution in [3.05, 3.63) is 58.9 Å². The summed E-state index contributed by atoms with van der Waals surface area (Å²) in [5.74, 6) is 0.432. The van der Waals surface area contributed by atoms with Crippen molar-refractivity contribution in [1.82, 2.24) is 14.4 Å². The van der Waals surface area contributed by atoms with Gasteiger partial charge in [0.25, 0.3) is 0 Å². The third-order valence-corrected chi connectivity index (χ3v) is 6.09. The van der Waals surface area contributed by atoms with Crippen LogP contribution in [0.25, 0.3) is 0 Å². The summed E-state index contributed by atoms with van der Waals surface area (Å²) < 4.78 is 2.14. The van der Waals surface area contributed by atoms with Crippen LogP contribution in [0.4, 0.5) is 0 Å². The Labute approximate surface area is 204 Å². The van der Waals surface area contributed by atoms with Gasteiger partial charge in [-0.2, -0.15) is 0 Å². The van der Waals surface area contributed by atoms with Gasteiger partial charge in [0, 0.05) is 43.0 Å². The first-order valence-electron chi connectivity index (χ1n) is 12.3. The number of aromatic nitrogens is 1. The average Bonchev–Trinajstić information content (AvgIpc) is 3.22. The summed E-state index contributed by atoms with van der Waals surface area (Å²) in [5.41, 5.74) is 2.10. The standard InChI is InChI=1S/C27H40ClN3O2/c1-5-7-15-26(32)30(16-8-6-2)21-27(33)31(18-22(3)4)20-24-13-11-17-29(24)19-23-12-9-10-14-25(23)28/h9-14,17,22H,5-8,15-16,18-21H2,1-4H3. The van der Waals surface area contributed by atoms with Crippen molar-refractivity contribution in [2.45, 2.75) is 72.9 Å². The highest BCUT2D eigenvalue weighted by molar-refractivity contribution is 6.31. The third kappa shape index (κ3) is 8.88. The minimum absolute atomic E-state index is 0.00939. The molecule has 0 atom stereocenters. The van der Waals surface area contributed by atoms with Crippen LogP contribution < -0.4 is 0 Å². The van der Waals surface area contributed by atoms with Gasteiger partial charge in [-0.05, 0) is 42.5 Å². The maximum atomic E-state index is 13.4. The number of unbranched alkanes of at least 4 members (excludes halogenated alkanes) is 2. The Morgan fingerprint density at radius 3 is 2.36 bits per heavy atom. The molecule has 6 heteroatoms. The third-order valence-electron chi connectivity index (χ3n) is 5.72. The molecule has 0 aliphatic rings. The zero-order chi connectivity index (χ0) is 24.2. The summed E-state index contributed by atoms with van der Waals surface area (Å²) in [7, 11) is 0. The summed E-state index contributed by atoms with van der Waals surface area (Å²) in [6.07, 6.45) is 6.29. The highest BCUT2D eigenvalue weighted by atomic mass is 35.5. The molecule has 1 heterocycles. The molecule has 0 aliphatic carbocycles. The van der Waals surface area contributed by atoms with Crippen LogP contribution in [0, 0.1) is 5.92 Å². The fraction of sp³-hybridized carbons (Fsp3) is 0.556. The van der Waals surface area contributed by atoms with E-state index in [4.69, 9.17) is 11.6 Å². The molecular formula is C27H40ClN3O2. The fourth-order valence-corrected chi connectivity index (χ4v) is 4.03. The Bertz CT molecular complexity index is 878. The normalized spacial score (nSPS) is 11.1. The molecule has 0 N–H and O–H groups in total. The molecule has 33 heavy (non-hydrogen) atoms. The van der Waals surface area contributed by atoms with Gasteiger partial charge in [-0.15, -0.1) is 0 Å². The van der Waals surface area contributed by atoms with Gasteiger partial charge in [0.2, 0.25) is 11.8 Å². The molecule has 0 aliphatic heterocycles. The van der Waals surface area contributed by atoms with Crippen molar-refractivity contribution in [1.29, 1.82) is 0 Å². The van der Waals surface area contributed by atoms with Gasteiger partial charge in [-0.3, -0.25) is 9.59 Å². The minimum Gasteiger partial charge on any atom is -0.345 e. The second kappa shape index (κ2) is 14.1. The lowest BCUT2D eigenvalue weighted by molar-refractivity contribution is -0.141. The van der Waals surface area contributed by atoms with Gasteiger partial charge in [0.1, 0.15) is 0 Å². The molecule has 0 saturated carbocycles. The van der Waals surface area contributed by atoms with E-state index in [1.807, 2.05) is 41.4 Å². The maximum Gasteiger partial charge on any atom is 0.242 e. The lowest BCUT2D eigenvalue weighted by Gasteiger charge is -2.29. The molecule has 2 rings (SSSR count). The zero-order valence-electron chi connectivity index (χ0n) is 20.7. The first-order chi connectivity index (χ1) is 15.8. The molecule has 0 unspecified atom stereocenters. The Balaban J connectivity index is 2.15. The Hall–Kier alpha value is -2.27. The summed E-state index contributed by atoms with van der Waals surface area (Å²) in [5, 5.41) is 0.740. The van der Waals surface area contributed by atoms with E-state index in [2.05, 4.69) is 38.3 Å². The summed E-state index contributed by atoms with van der Waals surface area (Å²) >= 11 is 6.37. The fourth-order valence-electron chi connectivity index (χ4n) is 3.84. The highest BCUT2D eigenvalue weighted by Gasteiger charge is 2.22. The second-order valence-corrected chi connectivity index (χ2v) is 9.57. The van der Waals surface area contributed by atoms with Crippen LogP contribution in [0.15, 0.2) is 42.6 Å². The average molecular weight is 474 g/mol. The summed E-state index contributed by atoms with van der Waals surface area (Å²) in [6.45, 7) is 11.0. The molecule has 0 bridgehead atoms. The van der Waals surface area contributed by atoms with Gasteiger partial charge >= 0.3 is 0 Å². The number of benzene rings is 1. The molecule has 2 aromatic rings. The zero-order valence-corrected chi connectivity index (χ0v) is 21.5. The Morgan fingerprint density at radius 2 is 1.70 bits per heavy atom. The smallest absolute Gasteiger partial charge is 0.242 e. The molecular weight excluding hydrogens is 434 g/mol. The van der Waals surface area contributed by atoms with Crippen molar-refractivity contribution >= 4 is 23.4 Å². The van der Waals surface area contributed by atoms with E-state index in [1.165, 1.54) is 0 Å². The highest BCUT2D eigenvalue weighted by Crippen LogP contribution is 2.19. The maximum absolute atomic E-state index is 13.4. The Kier molecular flexibility index (Phi) is 11.5. The number of amides is 2. The summed E-state index contributed by atoms with van der Waals surface area (Å²) in [6, 6.07) is 11.9. The van der Waals surface area contributed by atoms with Gasteiger partial charge in [-0.1, -0.05) is 70.3 Å². The minimum atomic E-state index is 0.00939. The van der Waals surface area contributed by atoms with Gasteiger partial charge in [-0.25, -0.2) is 0 Å².